The molecule has 1 fully saturated rings. The van der Waals surface area contributed by atoms with Gasteiger partial charge in [-0.25, -0.2) is 10.2 Å². The molecular weight excluding hydrogens is 472 g/mol. The van der Waals surface area contributed by atoms with Gasteiger partial charge in [-0.15, -0.1) is 0 Å². The van der Waals surface area contributed by atoms with E-state index in [1.165, 1.54) is 10.1 Å². The third-order valence-corrected chi connectivity index (χ3v) is 6.50. The standard InChI is InChI=1S/C27H34N6O4/c1-18-9-11-20(12-10-18)13-14-28-24(34)8-5-15-32-26(36)21-6-3-4-7-22(21)33(27(32)37)17-25(35)29-23-16-19(2)30-31-23/h3-4,6-7,9-12,19,23,30-31H,5,8,13-17H2,1-2H3,(H,28,34)(H,29,35). The van der Waals surface area contributed by atoms with Gasteiger partial charge in [-0.3, -0.25) is 28.9 Å². The molecule has 2 unspecified atom stereocenters. The fourth-order valence-corrected chi connectivity index (χ4v) is 4.50. The Morgan fingerprint density at radius 1 is 1.00 bits per heavy atom. The SMILES string of the molecule is Cc1ccc(CCNC(=O)CCCn2c(=O)c3ccccc3n(CC(=O)NC3CC(C)NN3)c2=O)cc1. The largest absolute Gasteiger partial charge is 0.356 e. The average Bonchev–Trinajstić information content (AvgIpc) is 3.29. The fourth-order valence-electron chi connectivity index (χ4n) is 4.50. The van der Waals surface area contributed by atoms with E-state index in [0.717, 1.165) is 16.6 Å². The van der Waals surface area contributed by atoms with Crippen LogP contribution in [-0.2, 0) is 29.1 Å². The molecule has 3 aromatic rings. The number of aryl methyl sites for hydroxylation is 1. The van der Waals surface area contributed by atoms with Gasteiger partial charge in [0.2, 0.25) is 11.8 Å². The van der Waals surface area contributed by atoms with Gasteiger partial charge >= 0.3 is 5.69 Å². The smallest absolute Gasteiger partial charge is 0.331 e. The number of carbonyl (C=O) groups is 2. The van der Waals surface area contributed by atoms with Crippen LogP contribution in [0.4, 0.5) is 0 Å². The van der Waals surface area contributed by atoms with Crippen LogP contribution in [-0.4, -0.2) is 39.7 Å². The minimum absolute atomic E-state index is 0.0844. The van der Waals surface area contributed by atoms with E-state index in [1.54, 1.807) is 24.3 Å². The Morgan fingerprint density at radius 3 is 2.49 bits per heavy atom. The average molecular weight is 507 g/mol. The van der Waals surface area contributed by atoms with Gasteiger partial charge in [0.15, 0.2) is 0 Å². The van der Waals surface area contributed by atoms with Crippen molar-refractivity contribution in [3.8, 4) is 0 Å². The highest BCUT2D eigenvalue weighted by Gasteiger charge is 2.22. The third-order valence-electron chi connectivity index (χ3n) is 6.50. The number of carbonyl (C=O) groups excluding carboxylic acids is 2. The maximum atomic E-state index is 13.3. The summed E-state index contributed by atoms with van der Waals surface area (Å²) in [5, 5.41) is 6.11. The van der Waals surface area contributed by atoms with Gasteiger partial charge in [0.25, 0.3) is 5.56 Å². The minimum Gasteiger partial charge on any atom is -0.356 e. The van der Waals surface area contributed by atoms with Gasteiger partial charge in [0, 0.05) is 25.6 Å². The second-order valence-electron chi connectivity index (χ2n) is 9.58. The summed E-state index contributed by atoms with van der Waals surface area (Å²) in [6.45, 7) is 4.41. The summed E-state index contributed by atoms with van der Waals surface area (Å²) in [6, 6.07) is 15.1. The van der Waals surface area contributed by atoms with E-state index in [1.807, 2.05) is 38.1 Å². The number of amides is 2. The van der Waals surface area contributed by atoms with E-state index in [0.29, 0.717) is 30.3 Å². The van der Waals surface area contributed by atoms with Crippen LogP contribution in [0.5, 0.6) is 0 Å². The molecule has 1 aliphatic heterocycles. The molecule has 0 spiro atoms. The molecular formula is C27H34N6O4. The topological polar surface area (TPSA) is 126 Å². The second kappa shape index (κ2) is 12.0. The Labute approximate surface area is 215 Å². The monoisotopic (exact) mass is 506 g/mol. The summed E-state index contributed by atoms with van der Waals surface area (Å²) in [4.78, 5) is 51.4. The van der Waals surface area contributed by atoms with E-state index in [9.17, 15) is 19.2 Å². The number of hydrogen-bond acceptors (Lipinski definition) is 6. The molecule has 196 valence electrons. The highest BCUT2D eigenvalue weighted by Crippen LogP contribution is 2.09. The normalized spacial score (nSPS) is 17.1. The van der Waals surface area contributed by atoms with E-state index in [4.69, 9.17) is 0 Å². The Kier molecular flexibility index (Phi) is 8.52. The minimum atomic E-state index is -0.565. The van der Waals surface area contributed by atoms with Crippen molar-refractivity contribution >= 4 is 22.7 Å². The first-order chi connectivity index (χ1) is 17.8. The lowest BCUT2D eigenvalue weighted by Crippen LogP contribution is -2.47. The van der Waals surface area contributed by atoms with Crippen molar-refractivity contribution in [2.45, 2.75) is 64.8 Å². The predicted octanol–water partition coefficient (Wildman–Crippen LogP) is 0.939. The number of benzene rings is 2. The lowest BCUT2D eigenvalue weighted by atomic mass is 10.1. The first-order valence-corrected chi connectivity index (χ1v) is 12.7. The lowest BCUT2D eigenvalue weighted by Gasteiger charge is -2.16. The highest BCUT2D eigenvalue weighted by molar-refractivity contribution is 5.81. The quantitative estimate of drug-likeness (QED) is 0.324. The second-order valence-corrected chi connectivity index (χ2v) is 9.58. The van der Waals surface area contributed by atoms with Crippen LogP contribution in [0.3, 0.4) is 0 Å². The summed E-state index contributed by atoms with van der Waals surface area (Å²) in [5.41, 5.74) is 7.79. The maximum Gasteiger partial charge on any atom is 0.331 e. The Hall–Kier alpha value is -3.76. The third kappa shape index (κ3) is 6.72. The van der Waals surface area contributed by atoms with E-state index >= 15 is 0 Å². The van der Waals surface area contributed by atoms with Crippen LogP contribution in [0.15, 0.2) is 58.1 Å². The van der Waals surface area contributed by atoms with Crippen LogP contribution in [0.2, 0.25) is 0 Å². The molecule has 1 aliphatic rings. The van der Waals surface area contributed by atoms with E-state index in [2.05, 4.69) is 21.5 Å². The number of para-hydroxylation sites is 1. The lowest BCUT2D eigenvalue weighted by molar-refractivity contribution is -0.122. The molecule has 10 nitrogen and oxygen atoms in total. The van der Waals surface area contributed by atoms with Crippen LogP contribution in [0.1, 0.15) is 37.3 Å². The van der Waals surface area contributed by atoms with Gasteiger partial charge in [-0.05, 0) is 50.8 Å². The first-order valence-electron chi connectivity index (χ1n) is 12.7. The zero-order valence-corrected chi connectivity index (χ0v) is 21.3. The van der Waals surface area contributed by atoms with Crippen LogP contribution in [0.25, 0.3) is 10.9 Å². The fraction of sp³-hybridized carbons (Fsp3) is 0.407. The number of hydrazine groups is 1. The number of aromatic nitrogens is 2. The van der Waals surface area contributed by atoms with Crippen LogP contribution >= 0.6 is 0 Å². The Bertz CT molecular complexity index is 1380. The summed E-state index contributed by atoms with van der Waals surface area (Å²) in [7, 11) is 0. The number of hydrogen-bond donors (Lipinski definition) is 4. The Morgan fingerprint density at radius 2 is 1.76 bits per heavy atom. The molecule has 0 bridgehead atoms. The molecule has 1 saturated heterocycles. The van der Waals surface area contributed by atoms with Crippen molar-refractivity contribution in [1.29, 1.82) is 0 Å². The van der Waals surface area contributed by atoms with Crippen molar-refractivity contribution in [2.75, 3.05) is 6.54 Å². The van der Waals surface area contributed by atoms with Crippen molar-refractivity contribution < 1.29 is 9.59 Å². The van der Waals surface area contributed by atoms with Crippen LogP contribution in [0, 0.1) is 6.92 Å². The van der Waals surface area contributed by atoms with Crippen molar-refractivity contribution in [1.82, 2.24) is 30.6 Å². The zero-order chi connectivity index (χ0) is 26.4. The summed E-state index contributed by atoms with van der Waals surface area (Å²) >= 11 is 0. The molecule has 37 heavy (non-hydrogen) atoms. The molecule has 2 heterocycles. The van der Waals surface area contributed by atoms with Crippen LogP contribution < -0.4 is 32.7 Å². The van der Waals surface area contributed by atoms with Gasteiger partial charge in [0.05, 0.1) is 17.1 Å². The van der Waals surface area contributed by atoms with Crippen molar-refractivity contribution in [2.24, 2.45) is 0 Å². The van der Waals surface area contributed by atoms with Crippen molar-refractivity contribution in [3.05, 3.63) is 80.5 Å². The number of fused-ring (bicyclic) bond motifs is 1. The predicted molar refractivity (Wildman–Crippen MR) is 142 cm³/mol. The maximum absolute atomic E-state index is 13.3. The van der Waals surface area contributed by atoms with Gasteiger partial charge < -0.3 is 10.6 Å². The van der Waals surface area contributed by atoms with Gasteiger partial charge in [0.1, 0.15) is 6.54 Å². The summed E-state index contributed by atoms with van der Waals surface area (Å²) in [5.74, 6) is -0.466. The molecule has 2 atom stereocenters. The molecule has 0 saturated carbocycles. The number of nitrogens with one attached hydrogen (secondary N) is 4. The molecule has 1 aromatic heterocycles. The van der Waals surface area contributed by atoms with E-state index in [-0.39, 0.29) is 43.5 Å². The molecule has 0 aliphatic carbocycles. The zero-order valence-electron chi connectivity index (χ0n) is 21.3. The number of nitrogens with zero attached hydrogens (tertiary/aromatic N) is 2. The molecule has 4 N–H and O–H groups in total. The molecule has 4 rings (SSSR count). The molecule has 2 aromatic carbocycles. The summed E-state index contributed by atoms with van der Waals surface area (Å²) in [6.07, 6.45) is 1.72. The number of rotatable bonds is 10. The molecule has 10 heteroatoms. The molecule has 2 amide bonds. The van der Waals surface area contributed by atoms with E-state index < -0.39 is 11.2 Å². The van der Waals surface area contributed by atoms with Gasteiger partial charge in [-0.1, -0.05) is 42.0 Å². The van der Waals surface area contributed by atoms with Crippen molar-refractivity contribution in [3.63, 3.8) is 0 Å². The first kappa shape index (κ1) is 26.3. The molecule has 0 radical (unpaired) electrons. The summed E-state index contributed by atoms with van der Waals surface area (Å²) < 4.78 is 2.44. The Balaban J connectivity index is 1.39. The van der Waals surface area contributed by atoms with Gasteiger partial charge in [-0.2, -0.15) is 0 Å². The highest BCUT2D eigenvalue weighted by atomic mass is 16.2.